The zero-order valence-electron chi connectivity index (χ0n) is 24.2. The van der Waals surface area contributed by atoms with Crippen LogP contribution in [0.25, 0.3) is 0 Å². The summed E-state index contributed by atoms with van der Waals surface area (Å²) in [5.74, 6) is 0.660. The number of amides is 3. The predicted molar refractivity (Wildman–Crippen MR) is 139 cm³/mol. The van der Waals surface area contributed by atoms with Crippen LogP contribution < -0.4 is 0 Å². The normalized spacial score (nSPS) is 16.4. The van der Waals surface area contributed by atoms with Crippen LogP contribution in [-0.4, -0.2) is 84.9 Å². The van der Waals surface area contributed by atoms with E-state index < -0.39 is 0 Å². The van der Waals surface area contributed by atoms with Crippen LogP contribution in [0.2, 0.25) is 0 Å². The average molecular weight is 484 g/mol. The van der Waals surface area contributed by atoms with Crippen LogP contribution in [-0.2, 0) is 19.1 Å². The van der Waals surface area contributed by atoms with Crippen molar-refractivity contribution in [3.8, 4) is 0 Å². The summed E-state index contributed by atoms with van der Waals surface area (Å²) in [4.78, 5) is 39.9. The topological polar surface area (TPSA) is 70.2 Å². The van der Waals surface area contributed by atoms with E-state index in [1.165, 1.54) is 12.8 Å². The third-order valence-electron chi connectivity index (χ3n) is 5.49. The van der Waals surface area contributed by atoms with Crippen molar-refractivity contribution in [1.82, 2.24) is 14.7 Å². The summed E-state index contributed by atoms with van der Waals surface area (Å²) >= 11 is 0. The van der Waals surface area contributed by atoms with Gasteiger partial charge < -0.3 is 19.4 Å². The van der Waals surface area contributed by atoms with E-state index in [0.29, 0.717) is 19.3 Å². The number of hydrogen-bond donors (Lipinski definition) is 0. The van der Waals surface area contributed by atoms with Crippen molar-refractivity contribution in [1.29, 1.82) is 0 Å². The van der Waals surface area contributed by atoms with Crippen molar-refractivity contribution in [2.24, 2.45) is 16.2 Å². The highest BCUT2D eigenvalue weighted by atomic mass is 16.5. The van der Waals surface area contributed by atoms with Gasteiger partial charge >= 0.3 is 0 Å². The fraction of sp³-hybridized carbons (Fsp3) is 0.889. The van der Waals surface area contributed by atoms with E-state index in [-0.39, 0.29) is 34.0 Å². The molecule has 1 saturated heterocycles. The molecule has 1 aliphatic heterocycles. The highest BCUT2D eigenvalue weighted by Gasteiger charge is 2.34. The van der Waals surface area contributed by atoms with Crippen LogP contribution in [0.1, 0.15) is 89.0 Å². The quantitative estimate of drug-likeness (QED) is 0.595. The standard InChI is InChI=1S/C9H17NO2.C9H17NO.C9H19NO/c1-9(2,3)8(11)10-4-6-12-7-5-10;1-9(2,3)8(11)10(4)7-5-6-7;1-6-10(8(2)11)7-9(3,4)5/h4-7H2,1-3H3;7H,5-6H2,1-4H3;6-7H2,1-5H3. The Morgan fingerprint density at radius 1 is 0.882 bits per heavy atom. The number of nitrogens with zero attached hydrogens (tertiary/aromatic N) is 3. The molecule has 1 aliphatic carbocycles. The molecule has 0 aromatic heterocycles. The van der Waals surface area contributed by atoms with Crippen molar-refractivity contribution >= 4 is 17.7 Å². The third-order valence-corrected chi connectivity index (χ3v) is 5.49. The second-order valence-electron chi connectivity index (χ2n) is 12.6. The molecule has 200 valence electrons. The Morgan fingerprint density at radius 2 is 1.35 bits per heavy atom. The van der Waals surface area contributed by atoms with Gasteiger partial charge in [0.1, 0.15) is 0 Å². The minimum atomic E-state index is -0.253. The smallest absolute Gasteiger partial charge is 0.228 e. The first-order valence-electron chi connectivity index (χ1n) is 12.7. The molecular weight excluding hydrogens is 430 g/mol. The van der Waals surface area contributed by atoms with Gasteiger partial charge in [-0.2, -0.15) is 0 Å². The van der Waals surface area contributed by atoms with E-state index in [9.17, 15) is 14.4 Å². The summed E-state index contributed by atoms with van der Waals surface area (Å²) in [6.45, 7) is 26.3. The van der Waals surface area contributed by atoms with Crippen LogP contribution in [0.5, 0.6) is 0 Å². The Labute approximate surface area is 209 Å². The fourth-order valence-corrected chi connectivity index (χ4v) is 3.42. The molecule has 0 bridgehead atoms. The summed E-state index contributed by atoms with van der Waals surface area (Å²) in [5, 5.41) is 0. The molecule has 34 heavy (non-hydrogen) atoms. The van der Waals surface area contributed by atoms with Crippen LogP contribution in [0.4, 0.5) is 0 Å². The molecule has 3 amide bonds. The Bertz CT molecular complexity index is 646. The lowest BCUT2D eigenvalue weighted by molar-refractivity contribution is -0.143. The van der Waals surface area contributed by atoms with Gasteiger partial charge in [0.05, 0.1) is 13.2 Å². The van der Waals surface area contributed by atoms with E-state index in [2.05, 4.69) is 20.8 Å². The molecular formula is C27H53N3O4. The number of morpholine rings is 1. The van der Waals surface area contributed by atoms with Gasteiger partial charge in [-0.25, -0.2) is 0 Å². The monoisotopic (exact) mass is 483 g/mol. The molecule has 0 aromatic carbocycles. The zero-order chi connectivity index (χ0) is 26.9. The van der Waals surface area contributed by atoms with Gasteiger partial charge in [0.25, 0.3) is 0 Å². The highest BCUT2D eigenvalue weighted by molar-refractivity contribution is 5.82. The highest BCUT2D eigenvalue weighted by Crippen LogP contribution is 2.29. The SMILES string of the molecule is CC(C)(C)C(=O)N1CCOCC1.CCN(CC(C)(C)C)C(C)=O.CN(C(=O)C(C)(C)C)C1CC1. The first kappa shape index (κ1) is 32.4. The third kappa shape index (κ3) is 13.3. The van der Waals surface area contributed by atoms with E-state index >= 15 is 0 Å². The molecule has 2 rings (SSSR count). The zero-order valence-corrected chi connectivity index (χ0v) is 24.2. The molecule has 7 nitrogen and oxygen atoms in total. The number of hydrogen-bond acceptors (Lipinski definition) is 4. The maximum Gasteiger partial charge on any atom is 0.228 e. The molecule has 7 heteroatoms. The van der Waals surface area contributed by atoms with Gasteiger partial charge in [-0.1, -0.05) is 62.3 Å². The molecule has 0 radical (unpaired) electrons. The molecule has 2 aliphatic rings. The molecule has 1 saturated carbocycles. The molecule has 0 spiro atoms. The van der Waals surface area contributed by atoms with E-state index in [0.717, 1.165) is 26.2 Å². The summed E-state index contributed by atoms with van der Waals surface area (Å²) in [7, 11) is 1.91. The van der Waals surface area contributed by atoms with E-state index in [4.69, 9.17) is 4.74 Å². The predicted octanol–water partition coefficient (Wildman–Crippen LogP) is 4.45. The van der Waals surface area contributed by atoms with Crippen LogP contribution in [0.15, 0.2) is 0 Å². The minimum absolute atomic E-state index is 0.169. The Kier molecular flexibility index (Phi) is 12.8. The lowest BCUT2D eigenvalue weighted by atomic mass is 9.94. The first-order valence-corrected chi connectivity index (χ1v) is 12.7. The van der Waals surface area contributed by atoms with Gasteiger partial charge in [-0.3, -0.25) is 14.4 Å². The summed E-state index contributed by atoms with van der Waals surface area (Å²) in [5.41, 5.74) is -0.254. The van der Waals surface area contributed by atoms with Crippen LogP contribution in [0.3, 0.4) is 0 Å². The number of rotatable bonds is 3. The molecule has 0 atom stereocenters. The van der Waals surface area contributed by atoms with Crippen molar-refractivity contribution < 1.29 is 19.1 Å². The van der Waals surface area contributed by atoms with Crippen molar-refractivity contribution in [2.45, 2.75) is 95.0 Å². The molecule has 1 heterocycles. The molecule has 0 unspecified atom stereocenters. The summed E-state index contributed by atoms with van der Waals surface area (Å²) < 4.78 is 5.17. The maximum atomic E-state index is 11.7. The number of carbonyl (C=O) groups is 3. The Hall–Kier alpha value is -1.63. The largest absolute Gasteiger partial charge is 0.378 e. The van der Waals surface area contributed by atoms with Gasteiger partial charge in [0.15, 0.2) is 0 Å². The van der Waals surface area contributed by atoms with Gasteiger partial charge in [0, 0.05) is 57.0 Å². The lowest BCUT2D eigenvalue weighted by Gasteiger charge is -2.32. The van der Waals surface area contributed by atoms with Crippen LogP contribution in [0, 0.1) is 16.2 Å². The van der Waals surface area contributed by atoms with E-state index in [1.54, 1.807) is 6.92 Å². The van der Waals surface area contributed by atoms with Crippen molar-refractivity contribution in [3.63, 3.8) is 0 Å². The molecule has 0 N–H and O–H groups in total. The Morgan fingerprint density at radius 3 is 1.62 bits per heavy atom. The second kappa shape index (κ2) is 13.5. The van der Waals surface area contributed by atoms with Gasteiger partial charge in [-0.15, -0.1) is 0 Å². The molecule has 2 fully saturated rings. The average Bonchev–Trinajstić information content (AvgIpc) is 3.55. The van der Waals surface area contributed by atoms with Gasteiger partial charge in [-0.05, 0) is 25.2 Å². The second-order valence-corrected chi connectivity index (χ2v) is 12.6. The molecule has 0 aromatic rings. The Balaban J connectivity index is 0.000000481. The summed E-state index contributed by atoms with van der Waals surface area (Å²) in [6.07, 6.45) is 2.39. The van der Waals surface area contributed by atoms with Crippen LogP contribution >= 0.6 is 0 Å². The minimum Gasteiger partial charge on any atom is -0.378 e. The van der Waals surface area contributed by atoms with Crippen molar-refractivity contribution in [3.05, 3.63) is 0 Å². The number of carbonyl (C=O) groups excluding carboxylic acids is 3. The van der Waals surface area contributed by atoms with Crippen molar-refractivity contribution in [2.75, 3.05) is 46.4 Å². The number of ether oxygens (including phenoxy) is 1. The maximum absolute atomic E-state index is 11.7. The lowest BCUT2D eigenvalue weighted by Crippen LogP contribution is -2.45. The fourth-order valence-electron chi connectivity index (χ4n) is 3.42. The first-order chi connectivity index (χ1) is 15.3. The summed E-state index contributed by atoms with van der Waals surface area (Å²) in [6, 6.07) is 0.543. The van der Waals surface area contributed by atoms with E-state index in [1.807, 2.05) is 70.2 Å². The van der Waals surface area contributed by atoms with Gasteiger partial charge in [0.2, 0.25) is 17.7 Å².